The van der Waals surface area contributed by atoms with Crippen molar-refractivity contribution < 1.29 is 76.0 Å². The molecule has 1 nitrogen and oxygen atoms in total. The molecule has 0 heterocycles. The van der Waals surface area contributed by atoms with E-state index in [-0.39, 0.29) is 64.6 Å². The summed E-state index contributed by atoms with van der Waals surface area (Å²) >= 11 is -2.81. The van der Waals surface area contributed by atoms with Crippen LogP contribution < -0.4 is 59.1 Å². The summed E-state index contributed by atoms with van der Waals surface area (Å²) in [4.78, 5) is 0. The third kappa shape index (κ3) is 52.7. The van der Waals surface area contributed by atoms with Crippen LogP contribution in [0.5, 0.6) is 0 Å². The van der Waals surface area contributed by atoms with Gasteiger partial charge in [0.1, 0.15) is 0 Å². The van der Waals surface area contributed by atoms with E-state index in [1.165, 1.54) is 0 Å². The number of hydrogen-bond donors (Lipinski definition) is 0. The molecule has 0 amide bonds. The summed E-state index contributed by atoms with van der Waals surface area (Å²) in [6, 6.07) is 0. The van der Waals surface area contributed by atoms with Crippen molar-refractivity contribution in [2.24, 2.45) is 0 Å². The fraction of sp³-hybridized carbons (Fsp3) is 0. The SMILES string of the molecule is O.[Cl][Pd-2]([Cl])([Cl])[Cl].[Na+].[Na+]. The monoisotopic (exact) mass is 310 g/mol. The zero-order valence-corrected chi connectivity index (χ0v) is 12.9. The van der Waals surface area contributed by atoms with Gasteiger partial charge in [-0.05, 0) is 0 Å². The molecule has 0 saturated heterocycles. The molecule has 0 aromatic rings. The Morgan fingerprint density at radius 1 is 0.750 bits per heavy atom. The fourth-order valence-electron chi connectivity index (χ4n) is 0. The molecular formula is H2Cl4Na2OPd. The molecule has 0 radical (unpaired) electrons. The van der Waals surface area contributed by atoms with Gasteiger partial charge in [0, 0.05) is 0 Å². The molecule has 8 heteroatoms. The van der Waals surface area contributed by atoms with Crippen molar-refractivity contribution in [3.05, 3.63) is 0 Å². The molecule has 0 fully saturated rings. The first kappa shape index (κ1) is 22.6. The Labute approximate surface area is 112 Å². The summed E-state index contributed by atoms with van der Waals surface area (Å²) in [7, 11) is 19.9. The van der Waals surface area contributed by atoms with E-state index in [9.17, 15) is 0 Å². The number of rotatable bonds is 0. The van der Waals surface area contributed by atoms with E-state index < -0.39 is 11.5 Å². The van der Waals surface area contributed by atoms with Crippen LogP contribution in [0.4, 0.5) is 0 Å². The molecule has 0 aromatic carbocycles. The maximum atomic E-state index is 4.98. The largest absolute Gasteiger partial charge is 1.00 e. The first-order chi connectivity index (χ1) is 2.00. The summed E-state index contributed by atoms with van der Waals surface area (Å²) in [5.74, 6) is 0. The Kier molecular flexibility index (Phi) is 30.5. The second-order valence-corrected chi connectivity index (χ2v) is 14.4. The van der Waals surface area contributed by atoms with Gasteiger partial charge in [0.25, 0.3) is 0 Å². The van der Waals surface area contributed by atoms with Crippen molar-refractivity contribution in [1.82, 2.24) is 0 Å². The minimum absolute atomic E-state index is 0. The van der Waals surface area contributed by atoms with Gasteiger partial charge in [0.15, 0.2) is 0 Å². The van der Waals surface area contributed by atoms with Gasteiger partial charge in [0.2, 0.25) is 0 Å². The van der Waals surface area contributed by atoms with E-state index in [2.05, 4.69) is 0 Å². The normalized spacial score (nSPS) is 9.50. The van der Waals surface area contributed by atoms with Gasteiger partial charge >= 0.3 is 109 Å². The third-order valence-corrected chi connectivity index (χ3v) is 0. The molecule has 48 valence electrons. The van der Waals surface area contributed by atoms with Gasteiger partial charge in [-0.1, -0.05) is 0 Å². The smallest absolute Gasteiger partial charge is 1.00 e. The molecule has 0 aliphatic carbocycles. The van der Waals surface area contributed by atoms with E-state index in [0.29, 0.717) is 0 Å². The molecule has 0 aliphatic heterocycles. The molecule has 0 aliphatic rings. The molecule has 0 spiro atoms. The van der Waals surface area contributed by atoms with Crippen molar-refractivity contribution in [1.29, 1.82) is 0 Å². The molecule has 0 rings (SSSR count). The van der Waals surface area contributed by atoms with Gasteiger partial charge in [-0.25, -0.2) is 0 Å². The molecule has 0 atom stereocenters. The molecular weight excluding hydrogens is 310 g/mol. The minimum atomic E-state index is -2.81. The fourth-order valence-corrected chi connectivity index (χ4v) is 0. The Balaban J connectivity index is -0.0000000267. The molecule has 2 N–H and O–H groups in total. The Morgan fingerprint density at radius 2 is 0.750 bits per heavy atom. The maximum absolute atomic E-state index is 4.98. The predicted molar refractivity (Wildman–Crippen MR) is 27.0 cm³/mol. The number of hydrogen-bond acceptors (Lipinski definition) is 0. The third-order valence-electron chi connectivity index (χ3n) is 0. The van der Waals surface area contributed by atoms with Crippen LogP contribution in [0, 0.1) is 0 Å². The van der Waals surface area contributed by atoms with Crippen molar-refractivity contribution in [2.75, 3.05) is 0 Å². The van der Waals surface area contributed by atoms with Gasteiger partial charge < -0.3 is 5.48 Å². The van der Waals surface area contributed by atoms with Crippen LogP contribution in [0.15, 0.2) is 0 Å². The standard InChI is InChI=1S/4ClH.2Na.H2O.Pd/h4*1H;;;1H2;/q;;;;2*+1;;+2/p-4. The van der Waals surface area contributed by atoms with Gasteiger partial charge in [0.05, 0.1) is 0 Å². The molecule has 0 bridgehead atoms. The van der Waals surface area contributed by atoms with Gasteiger partial charge in [-0.2, -0.15) is 0 Å². The van der Waals surface area contributed by atoms with E-state index >= 15 is 0 Å². The van der Waals surface area contributed by atoms with Crippen LogP contribution in [0.2, 0.25) is 0 Å². The second kappa shape index (κ2) is 10.8. The first-order valence-corrected chi connectivity index (χ1v) is 8.49. The van der Waals surface area contributed by atoms with Gasteiger partial charge in [-0.3, -0.25) is 0 Å². The quantitative estimate of drug-likeness (QED) is 0.408. The van der Waals surface area contributed by atoms with Crippen molar-refractivity contribution in [2.45, 2.75) is 0 Å². The summed E-state index contributed by atoms with van der Waals surface area (Å²) in [6.45, 7) is 0. The van der Waals surface area contributed by atoms with E-state index in [0.717, 1.165) is 0 Å². The van der Waals surface area contributed by atoms with Crippen molar-refractivity contribution in [3.63, 3.8) is 0 Å². The van der Waals surface area contributed by atoms with Crippen LogP contribution in [0.3, 0.4) is 0 Å². The number of halogens is 4. The van der Waals surface area contributed by atoms with Gasteiger partial charge in [-0.15, -0.1) is 0 Å². The molecule has 0 aromatic heterocycles. The summed E-state index contributed by atoms with van der Waals surface area (Å²) < 4.78 is 0. The first-order valence-electron chi connectivity index (χ1n) is 0.478. The van der Waals surface area contributed by atoms with Crippen LogP contribution in [0.25, 0.3) is 0 Å². The van der Waals surface area contributed by atoms with E-state index in [1.807, 2.05) is 0 Å². The molecule has 0 unspecified atom stereocenters. The summed E-state index contributed by atoms with van der Waals surface area (Å²) in [5.41, 5.74) is 0. The Hall–Kier alpha value is 3.78. The summed E-state index contributed by atoms with van der Waals surface area (Å²) in [5, 5.41) is 0. The molecule has 8 heavy (non-hydrogen) atoms. The van der Waals surface area contributed by atoms with E-state index in [4.69, 9.17) is 38.1 Å². The minimum Gasteiger partial charge on any atom is 1.00 e. The Morgan fingerprint density at radius 3 is 0.750 bits per heavy atom. The van der Waals surface area contributed by atoms with Crippen LogP contribution in [-0.4, -0.2) is 5.48 Å². The van der Waals surface area contributed by atoms with Crippen molar-refractivity contribution in [3.8, 4) is 0 Å². The zero-order valence-electron chi connectivity index (χ0n) is 4.33. The average molecular weight is 312 g/mol. The predicted octanol–water partition coefficient (Wildman–Crippen LogP) is -4.06. The van der Waals surface area contributed by atoms with E-state index in [1.54, 1.807) is 0 Å². The summed E-state index contributed by atoms with van der Waals surface area (Å²) in [6.07, 6.45) is 0. The maximum Gasteiger partial charge on any atom is 1.00 e. The van der Waals surface area contributed by atoms with Crippen LogP contribution in [-0.2, 0) is 11.5 Å². The second-order valence-electron chi connectivity index (χ2n) is 0.271. The van der Waals surface area contributed by atoms with Crippen molar-refractivity contribution >= 4 is 38.1 Å². The van der Waals surface area contributed by atoms with Crippen LogP contribution >= 0.6 is 38.1 Å². The topological polar surface area (TPSA) is 31.5 Å². The zero-order chi connectivity index (χ0) is 4.50. The average Bonchev–Trinajstić information content (AvgIpc) is 0.722. The molecule has 0 saturated carbocycles. The van der Waals surface area contributed by atoms with Crippen LogP contribution in [0.1, 0.15) is 0 Å². The Bertz CT molecular complexity index is 29.5.